The molecule has 2 rings (SSSR count). The quantitative estimate of drug-likeness (QED) is 0.445. The smallest absolute Gasteiger partial charge is 0.137 e. The average Bonchev–Trinajstić information content (AvgIpc) is 2.53. The molecule has 12 heavy (non-hydrogen) atoms. The van der Waals surface area contributed by atoms with Crippen molar-refractivity contribution in [2.45, 2.75) is 6.54 Å². The standard InChI is InChI=1S/C8H10N4/c9-12-5-6-1-3-10-8-7(6)2-4-11-8/h1-4,12H,5,9H2,(H,10,11). The molecule has 0 saturated carbocycles. The molecule has 0 fully saturated rings. The first-order valence-corrected chi connectivity index (χ1v) is 3.76. The largest absolute Gasteiger partial charge is 0.346 e. The Kier molecular flexibility index (Phi) is 1.77. The van der Waals surface area contributed by atoms with E-state index in [-0.39, 0.29) is 0 Å². The van der Waals surface area contributed by atoms with Crippen molar-refractivity contribution in [2.24, 2.45) is 5.84 Å². The van der Waals surface area contributed by atoms with Gasteiger partial charge in [0.25, 0.3) is 0 Å². The Bertz CT molecular complexity index is 379. The summed E-state index contributed by atoms with van der Waals surface area (Å²) in [7, 11) is 0. The predicted molar refractivity (Wildman–Crippen MR) is 47.1 cm³/mol. The van der Waals surface area contributed by atoms with Gasteiger partial charge >= 0.3 is 0 Å². The summed E-state index contributed by atoms with van der Waals surface area (Å²) in [5.74, 6) is 5.24. The van der Waals surface area contributed by atoms with E-state index in [1.165, 1.54) is 0 Å². The minimum absolute atomic E-state index is 0.664. The lowest BCUT2D eigenvalue weighted by molar-refractivity contribution is 0.745. The highest BCUT2D eigenvalue weighted by molar-refractivity contribution is 5.78. The van der Waals surface area contributed by atoms with Crippen LogP contribution < -0.4 is 11.3 Å². The minimum Gasteiger partial charge on any atom is -0.346 e. The van der Waals surface area contributed by atoms with Crippen LogP contribution in [-0.2, 0) is 6.54 Å². The molecule has 0 aliphatic heterocycles. The van der Waals surface area contributed by atoms with E-state index in [1.54, 1.807) is 6.20 Å². The number of nitrogens with two attached hydrogens (primary N) is 1. The summed E-state index contributed by atoms with van der Waals surface area (Å²) in [5.41, 5.74) is 4.69. The summed E-state index contributed by atoms with van der Waals surface area (Å²) >= 11 is 0. The van der Waals surface area contributed by atoms with E-state index in [0.29, 0.717) is 6.54 Å². The first-order valence-electron chi connectivity index (χ1n) is 3.76. The molecule has 2 heterocycles. The Morgan fingerprint density at radius 1 is 1.50 bits per heavy atom. The van der Waals surface area contributed by atoms with Crippen molar-refractivity contribution in [2.75, 3.05) is 0 Å². The second-order valence-electron chi connectivity index (χ2n) is 2.59. The van der Waals surface area contributed by atoms with Crippen LogP contribution in [0.15, 0.2) is 24.5 Å². The zero-order chi connectivity index (χ0) is 8.39. The van der Waals surface area contributed by atoms with Crippen LogP contribution in [-0.4, -0.2) is 9.97 Å². The highest BCUT2D eigenvalue weighted by atomic mass is 15.2. The summed E-state index contributed by atoms with van der Waals surface area (Å²) < 4.78 is 0. The summed E-state index contributed by atoms with van der Waals surface area (Å²) in [6.45, 7) is 0.664. The van der Waals surface area contributed by atoms with Gasteiger partial charge in [0.1, 0.15) is 5.65 Å². The monoisotopic (exact) mass is 162 g/mol. The van der Waals surface area contributed by atoms with Crippen LogP contribution in [0.5, 0.6) is 0 Å². The van der Waals surface area contributed by atoms with Crippen molar-refractivity contribution in [1.82, 2.24) is 15.4 Å². The van der Waals surface area contributed by atoms with Crippen LogP contribution in [0.1, 0.15) is 5.56 Å². The Balaban J connectivity index is 2.57. The maximum atomic E-state index is 5.24. The van der Waals surface area contributed by atoms with Crippen molar-refractivity contribution in [3.05, 3.63) is 30.1 Å². The van der Waals surface area contributed by atoms with Crippen molar-refractivity contribution in [1.29, 1.82) is 0 Å². The van der Waals surface area contributed by atoms with E-state index in [2.05, 4.69) is 15.4 Å². The first kappa shape index (κ1) is 7.27. The third-order valence-electron chi connectivity index (χ3n) is 1.84. The number of nitrogens with zero attached hydrogens (tertiary/aromatic N) is 1. The van der Waals surface area contributed by atoms with E-state index in [9.17, 15) is 0 Å². The lowest BCUT2D eigenvalue weighted by Crippen LogP contribution is -2.20. The van der Waals surface area contributed by atoms with E-state index in [1.807, 2.05) is 18.3 Å². The first-order chi connectivity index (χ1) is 5.92. The van der Waals surface area contributed by atoms with Crippen LogP contribution >= 0.6 is 0 Å². The van der Waals surface area contributed by atoms with Crippen molar-refractivity contribution in [3.8, 4) is 0 Å². The Morgan fingerprint density at radius 2 is 2.42 bits per heavy atom. The molecule has 0 radical (unpaired) electrons. The Hall–Kier alpha value is -1.39. The predicted octanol–water partition coefficient (Wildman–Crippen LogP) is 0.526. The normalized spacial score (nSPS) is 10.8. The SMILES string of the molecule is NNCc1ccnc2[nH]ccc12. The van der Waals surface area contributed by atoms with E-state index in [4.69, 9.17) is 5.84 Å². The van der Waals surface area contributed by atoms with Crippen molar-refractivity contribution >= 4 is 11.0 Å². The third kappa shape index (κ3) is 1.07. The molecule has 0 unspecified atom stereocenters. The van der Waals surface area contributed by atoms with Crippen molar-refractivity contribution in [3.63, 3.8) is 0 Å². The molecule has 0 amide bonds. The van der Waals surface area contributed by atoms with Gasteiger partial charge in [-0.1, -0.05) is 0 Å². The average molecular weight is 162 g/mol. The fraction of sp³-hybridized carbons (Fsp3) is 0.125. The van der Waals surface area contributed by atoms with Gasteiger partial charge < -0.3 is 4.98 Å². The number of pyridine rings is 1. The molecule has 2 aromatic rings. The number of aromatic nitrogens is 2. The molecule has 62 valence electrons. The molecule has 0 saturated heterocycles. The van der Waals surface area contributed by atoms with Gasteiger partial charge in [-0.25, -0.2) is 4.98 Å². The zero-order valence-corrected chi connectivity index (χ0v) is 6.54. The number of hydrogen-bond acceptors (Lipinski definition) is 3. The molecule has 0 aliphatic carbocycles. The van der Waals surface area contributed by atoms with Gasteiger partial charge in [-0.15, -0.1) is 0 Å². The topological polar surface area (TPSA) is 66.7 Å². The molecular formula is C8H10N4. The second-order valence-corrected chi connectivity index (χ2v) is 2.59. The molecule has 4 heteroatoms. The number of fused-ring (bicyclic) bond motifs is 1. The molecule has 4 N–H and O–H groups in total. The summed E-state index contributed by atoms with van der Waals surface area (Å²) in [6.07, 6.45) is 3.64. The molecule has 0 aromatic carbocycles. The molecule has 0 aliphatic rings. The van der Waals surface area contributed by atoms with Gasteiger partial charge in [0.15, 0.2) is 0 Å². The summed E-state index contributed by atoms with van der Waals surface area (Å²) in [6, 6.07) is 3.95. The maximum absolute atomic E-state index is 5.24. The van der Waals surface area contributed by atoms with Crippen LogP contribution in [0.4, 0.5) is 0 Å². The fourth-order valence-corrected chi connectivity index (χ4v) is 1.28. The lowest BCUT2D eigenvalue weighted by Gasteiger charge is -1.99. The second kappa shape index (κ2) is 2.92. The number of nitrogens with one attached hydrogen (secondary N) is 2. The molecular weight excluding hydrogens is 152 g/mol. The van der Waals surface area contributed by atoms with E-state index in [0.717, 1.165) is 16.6 Å². The fourth-order valence-electron chi connectivity index (χ4n) is 1.28. The number of hydrogen-bond donors (Lipinski definition) is 3. The molecule has 4 nitrogen and oxygen atoms in total. The number of hydrazine groups is 1. The Morgan fingerprint density at radius 3 is 3.25 bits per heavy atom. The van der Waals surface area contributed by atoms with Crippen LogP contribution in [0.25, 0.3) is 11.0 Å². The number of H-pyrrole nitrogens is 1. The van der Waals surface area contributed by atoms with Gasteiger partial charge in [0, 0.05) is 24.3 Å². The zero-order valence-electron chi connectivity index (χ0n) is 6.54. The van der Waals surface area contributed by atoms with Crippen LogP contribution in [0.2, 0.25) is 0 Å². The number of rotatable bonds is 2. The highest BCUT2D eigenvalue weighted by Gasteiger charge is 2.00. The van der Waals surface area contributed by atoms with Gasteiger partial charge in [0.05, 0.1) is 0 Å². The van der Waals surface area contributed by atoms with Gasteiger partial charge in [-0.05, 0) is 17.7 Å². The summed E-state index contributed by atoms with van der Waals surface area (Å²) in [5, 5.41) is 1.12. The van der Waals surface area contributed by atoms with Crippen molar-refractivity contribution < 1.29 is 0 Å². The lowest BCUT2D eigenvalue weighted by atomic mass is 10.2. The van der Waals surface area contributed by atoms with E-state index < -0.39 is 0 Å². The van der Waals surface area contributed by atoms with Crippen LogP contribution in [0, 0.1) is 0 Å². The third-order valence-corrected chi connectivity index (χ3v) is 1.84. The van der Waals surface area contributed by atoms with E-state index >= 15 is 0 Å². The number of aromatic amines is 1. The van der Waals surface area contributed by atoms with Gasteiger partial charge in [-0.3, -0.25) is 11.3 Å². The minimum atomic E-state index is 0.664. The molecule has 2 aromatic heterocycles. The molecule has 0 atom stereocenters. The van der Waals surface area contributed by atoms with Gasteiger partial charge in [0.2, 0.25) is 0 Å². The highest BCUT2D eigenvalue weighted by Crippen LogP contribution is 2.13. The van der Waals surface area contributed by atoms with Gasteiger partial charge in [-0.2, -0.15) is 0 Å². The molecule has 0 spiro atoms. The summed E-state index contributed by atoms with van der Waals surface area (Å²) in [4.78, 5) is 7.20. The maximum Gasteiger partial charge on any atom is 0.137 e. The molecule has 0 bridgehead atoms. The van der Waals surface area contributed by atoms with Crippen LogP contribution in [0.3, 0.4) is 0 Å². The Labute approximate surface area is 69.8 Å².